The molecule has 0 bridgehead atoms. The Morgan fingerprint density at radius 2 is 1.71 bits per heavy atom. The minimum Gasteiger partial charge on any atom is -0.340 e. The molecule has 0 saturated carbocycles. The van der Waals surface area contributed by atoms with E-state index >= 15 is 0 Å². The maximum absolute atomic E-state index is 12.4. The zero-order valence-corrected chi connectivity index (χ0v) is 14.4. The molecule has 3 rings (SSSR count). The number of piperazine rings is 1. The molecule has 0 atom stereocenters. The summed E-state index contributed by atoms with van der Waals surface area (Å²) in [4.78, 5) is 28.8. The third kappa shape index (κ3) is 3.48. The minimum absolute atomic E-state index is 0.0505. The summed E-state index contributed by atoms with van der Waals surface area (Å²) in [7, 11) is 2.07. The van der Waals surface area contributed by atoms with Gasteiger partial charge in [0.15, 0.2) is 0 Å². The van der Waals surface area contributed by atoms with E-state index < -0.39 is 0 Å². The van der Waals surface area contributed by atoms with E-state index in [-0.39, 0.29) is 11.8 Å². The molecule has 1 fully saturated rings. The van der Waals surface area contributed by atoms with E-state index in [1.807, 2.05) is 36.1 Å². The molecule has 1 aliphatic heterocycles. The maximum Gasteiger partial charge on any atom is 0.247 e. The SMILES string of the molecule is Cc1nn(C(=O)CCCC(=O)N2CCN(C)CC2)c2ccccc12. The Bertz CT molecular complexity index is 745. The number of rotatable bonds is 4. The van der Waals surface area contributed by atoms with Gasteiger partial charge in [0, 0.05) is 44.4 Å². The highest BCUT2D eigenvalue weighted by Gasteiger charge is 2.19. The Labute approximate surface area is 142 Å². The zero-order valence-electron chi connectivity index (χ0n) is 14.4. The van der Waals surface area contributed by atoms with Gasteiger partial charge in [-0.25, -0.2) is 0 Å². The molecule has 2 aromatic rings. The first kappa shape index (κ1) is 16.6. The Kier molecular flexibility index (Phi) is 4.94. The standard InChI is InChI=1S/C18H24N4O2/c1-14-15-6-3-4-7-16(15)22(19-14)18(24)9-5-8-17(23)21-12-10-20(2)11-13-21/h3-4,6-7H,5,8-13H2,1-2H3. The molecule has 0 radical (unpaired) electrons. The van der Waals surface area contributed by atoms with Crippen molar-refractivity contribution in [1.82, 2.24) is 19.6 Å². The van der Waals surface area contributed by atoms with E-state index in [1.165, 1.54) is 4.68 Å². The largest absolute Gasteiger partial charge is 0.340 e. The van der Waals surface area contributed by atoms with E-state index in [9.17, 15) is 9.59 Å². The van der Waals surface area contributed by atoms with Crippen LogP contribution in [0.3, 0.4) is 0 Å². The summed E-state index contributed by atoms with van der Waals surface area (Å²) < 4.78 is 1.48. The Balaban J connectivity index is 1.55. The lowest BCUT2D eigenvalue weighted by Crippen LogP contribution is -2.47. The van der Waals surface area contributed by atoms with Crippen molar-refractivity contribution in [3.05, 3.63) is 30.0 Å². The summed E-state index contributed by atoms with van der Waals surface area (Å²) in [5, 5.41) is 5.35. The fourth-order valence-corrected chi connectivity index (χ4v) is 3.12. The highest BCUT2D eigenvalue weighted by molar-refractivity contribution is 5.92. The predicted octanol–water partition coefficient (Wildman–Crippen LogP) is 1.93. The lowest BCUT2D eigenvalue weighted by Gasteiger charge is -2.32. The van der Waals surface area contributed by atoms with Crippen LogP contribution in [0.1, 0.15) is 29.8 Å². The van der Waals surface area contributed by atoms with Crippen LogP contribution in [0.25, 0.3) is 10.9 Å². The molecule has 0 aliphatic carbocycles. The first-order valence-corrected chi connectivity index (χ1v) is 8.50. The Hall–Kier alpha value is -2.21. The number of nitrogens with zero attached hydrogens (tertiary/aromatic N) is 4. The Morgan fingerprint density at radius 3 is 2.46 bits per heavy atom. The molecule has 0 unspecified atom stereocenters. The van der Waals surface area contributed by atoms with Gasteiger partial charge in [-0.2, -0.15) is 9.78 Å². The third-order valence-electron chi connectivity index (χ3n) is 4.65. The number of carbonyl (C=O) groups is 2. The summed E-state index contributed by atoms with van der Waals surface area (Å²) >= 11 is 0. The van der Waals surface area contributed by atoms with Gasteiger partial charge >= 0.3 is 0 Å². The molecular formula is C18H24N4O2. The number of hydrogen-bond acceptors (Lipinski definition) is 4. The first-order valence-electron chi connectivity index (χ1n) is 8.50. The van der Waals surface area contributed by atoms with Gasteiger partial charge in [-0.05, 0) is 26.5 Å². The topological polar surface area (TPSA) is 58.4 Å². The van der Waals surface area contributed by atoms with Crippen molar-refractivity contribution >= 4 is 22.7 Å². The predicted molar refractivity (Wildman–Crippen MR) is 93.0 cm³/mol. The second-order valence-electron chi connectivity index (χ2n) is 6.45. The number of para-hydroxylation sites is 1. The number of amides is 1. The number of fused-ring (bicyclic) bond motifs is 1. The quantitative estimate of drug-likeness (QED) is 0.860. The third-order valence-corrected chi connectivity index (χ3v) is 4.65. The smallest absolute Gasteiger partial charge is 0.247 e. The number of aromatic nitrogens is 2. The van der Waals surface area contributed by atoms with Crippen LogP contribution < -0.4 is 0 Å². The van der Waals surface area contributed by atoms with Crippen LogP contribution in [-0.4, -0.2) is 64.6 Å². The van der Waals surface area contributed by atoms with Crippen LogP contribution in [0.15, 0.2) is 24.3 Å². The molecule has 128 valence electrons. The van der Waals surface area contributed by atoms with Crippen molar-refractivity contribution in [2.75, 3.05) is 33.2 Å². The molecule has 1 amide bonds. The van der Waals surface area contributed by atoms with Gasteiger partial charge in [0.05, 0.1) is 11.2 Å². The van der Waals surface area contributed by atoms with Gasteiger partial charge < -0.3 is 9.80 Å². The molecule has 1 saturated heterocycles. The van der Waals surface area contributed by atoms with Gasteiger partial charge in [0.25, 0.3) is 0 Å². The van der Waals surface area contributed by atoms with E-state index in [2.05, 4.69) is 17.0 Å². The molecule has 0 N–H and O–H groups in total. The van der Waals surface area contributed by atoms with Crippen LogP contribution >= 0.6 is 0 Å². The van der Waals surface area contributed by atoms with E-state index in [0.29, 0.717) is 19.3 Å². The summed E-state index contributed by atoms with van der Waals surface area (Å²) in [6, 6.07) is 7.73. The molecule has 1 aromatic carbocycles. The van der Waals surface area contributed by atoms with Crippen LogP contribution in [0.5, 0.6) is 0 Å². The number of benzene rings is 1. The fraction of sp³-hybridized carbons (Fsp3) is 0.500. The fourth-order valence-electron chi connectivity index (χ4n) is 3.12. The normalized spacial score (nSPS) is 15.8. The monoisotopic (exact) mass is 328 g/mol. The van der Waals surface area contributed by atoms with Crippen LogP contribution in [0.2, 0.25) is 0 Å². The maximum atomic E-state index is 12.4. The zero-order chi connectivity index (χ0) is 17.1. The molecule has 0 spiro atoms. The van der Waals surface area contributed by atoms with Crippen LogP contribution in [-0.2, 0) is 4.79 Å². The van der Waals surface area contributed by atoms with E-state index in [4.69, 9.17) is 0 Å². The van der Waals surface area contributed by atoms with Crippen molar-refractivity contribution in [2.24, 2.45) is 0 Å². The van der Waals surface area contributed by atoms with Gasteiger partial charge in [-0.15, -0.1) is 0 Å². The first-order chi connectivity index (χ1) is 11.6. The summed E-state index contributed by atoms with van der Waals surface area (Å²) in [5.41, 5.74) is 1.69. The van der Waals surface area contributed by atoms with Crippen molar-refractivity contribution in [2.45, 2.75) is 26.2 Å². The van der Waals surface area contributed by atoms with Gasteiger partial charge in [-0.1, -0.05) is 18.2 Å². The second-order valence-corrected chi connectivity index (χ2v) is 6.45. The molecular weight excluding hydrogens is 304 g/mol. The van der Waals surface area contributed by atoms with Gasteiger partial charge in [0.2, 0.25) is 11.8 Å². The van der Waals surface area contributed by atoms with Crippen molar-refractivity contribution in [3.63, 3.8) is 0 Å². The van der Waals surface area contributed by atoms with Crippen LogP contribution in [0.4, 0.5) is 0 Å². The molecule has 1 aliphatic rings. The lowest BCUT2D eigenvalue weighted by molar-refractivity contribution is -0.132. The summed E-state index contributed by atoms with van der Waals surface area (Å²) in [5.74, 6) is 0.0999. The summed E-state index contributed by atoms with van der Waals surface area (Å²) in [6.07, 6.45) is 1.33. The number of likely N-dealkylation sites (N-methyl/N-ethyl adjacent to an activating group) is 1. The molecule has 1 aromatic heterocycles. The van der Waals surface area contributed by atoms with E-state index in [0.717, 1.165) is 42.8 Å². The van der Waals surface area contributed by atoms with Crippen molar-refractivity contribution in [3.8, 4) is 0 Å². The Morgan fingerprint density at radius 1 is 1.04 bits per heavy atom. The highest BCUT2D eigenvalue weighted by Crippen LogP contribution is 2.18. The minimum atomic E-state index is -0.0505. The highest BCUT2D eigenvalue weighted by atomic mass is 16.2. The average Bonchev–Trinajstić information content (AvgIpc) is 2.93. The van der Waals surface area contributed by atoms with Crippen LogP contribution in [0, 0.1) is 6.92 Å². The number of hydrogen-bond donors (Lipinski definition) is 0. The van der Waals surface area contributed by atoms with E-state index in [1.54, 1.807) is 0 Å². The van der Waals surface area contributed by atoms with Gasteiger partial charge in [0.1, 0.15) is 0 Å². The van der Waals surface area contributed by atoms with Crippen molar-refractivity contribution in [1.29, 1.82) is 0 Å². The van der Waals surface area contributed by atoms with Crippen molar-refractivity contribution < 1.29 is 9.59 Å². The molecule has 2 heterocycles. The average molecular weight is 328 g/mol. The molecule has 6 nitrogen and oxygen atoms in total. The summed E-state index contributed by atoms with van der Waals surface area (Å²) in [6.45, 7) is 5.31. The lowest BCUT2D eigenvalue weighted by atomic mass is 10.2. The molecule has 24 heavy (non-hydrogen) atoms. The number of carbonyl (C=O) groups excluding carboxylic acids is 2. The van der Waals surface area contributed by atoms with Gasteiger partial charge in [-0.3, -0.25) is 9.59 Å². The second kappa shape index (κ2) is 7.13. The molecule has 6 heteroatoms. The number of aryl methyl sites for hydroxylation is 1.